The molecule has 5 heteroatoms. The largest absolute Gasteiger partial charge is 0.409 e. The molecule has 0 aromatic heterocycles. The Morgan fingerprint density at radius 2 is 2.05 bits per heavy atom. The van der Waals surface area contributed by atoms with E-state index in [9.17, 15) is 5.11 Å². The summed E-state index contributed by atoms with van der Waals surface area (Å²) < 4.78 is 0. The molecule has 0 aliphatic rings. The van der Waals surface area contributed by atoms with E-state index in [1.165, 1.54) is 0 Å². The first-order chi connectivity index (χ1) is 9.19. The maximum Gasteiger partial charge on any atom is 0.147 e. The Labute approximate surface area is 114 Å². The molecular formula is C14H23N3O2. The topological polar surface area (TPSA) is 90.9 Å². The average molecular weight is 265 g/mol. The summed E-state index contributed by atoms with van der Waals surface area (Å²) in [6, 6.07) is 9.68. The van der Waals surface area contributed by atoms with Crippen LogP contribution in [0.25, 0.3) is 0 Å². The molecular weight excluding hydrogens is 242 g/mol. The zero-order valence-electron chi connectivity index (χ0n) is 11.3. The summed E-state index contributed by atoms with van der Waals surface area (Å²) in [6.45, 7) is 3.24. The lowest BCUT2D eigenvalue weighted by Gasteiger charge is -2.17. The van der Waals surface area contributed by atoms with Crippen molar-refractivity contribution in [3.8, 4) is 0 Å². The van der Waals surface area contributed by atoms with Gasteiger partial charge in [0.1, 0.15) is 5.84 Å². The monoisotopic (exact) mass is 265 g/mol. The van der Waals surface area contributed by atoms with Crippen molar-refractivity contribution in [1.82, 2.24) is 5.32 Å². The van der Waals surface area contributed by atoms with Gasteiger partial charge in [0, 0.05) is 6.54 Å². The van der Waals surface area contributed by atoms with Crippen LogP contribution in [-0.4, -0.2) is 35.3 Å². The predicted molar refractivity (Wildman–Crippen MR) is 76.4 cm³/mol. The highest BCUT2D eigenvalue weighted by atomic mass is 16.4. The number of hydrogen-bond acceptors (Lipinski definition) is 4. The van der Waals surface area contributed by atoms with Crippen LogP contribution in [-0.2, 0) is 0 Å². The number of benzene rings is 1. The van der Waals surface area contributed by atoms with Crippen molar-refractivity contribution in [3.63, 3.8) is 0 Å². The normalized spacial score (nSPS) is 15.2. The Bertz CT molecular complexity index is 382. The highest BCUT2D eigenvalue weighted by Crippen LogP contribution is 2.14. The first-order valence-corrected chi connectivity index (χ1v) is 6.60. The zero-order chi connectivity index (χ0) is 14.1. The molecule has 0 bridgehead atoms. The minimum Gasteiger partial charge on any atom is -0.409 e. The van der Waals surface area contributed by atoms with E-state index in [1.807, 2.05) is 37.3 Å². The highest BCUT2D eigenvalue weighted by molar-refractivity contribution is 5.87. The number of aliphatic hydroxyl groups excluding tert-OH is 1. The van der Waals surface area contributed by atoms with Gasteiger partial charge in [0.25, 0.3) is 0 Å². The molecule has 106 valence electrons. The molecule has 5 N–H and O–H groups in total. The summed E-state index contributed by atoms with van der Waals surface area (Å²) in [7, 11) is 0. The van der Waals surface area contributed by atoms with Crippen molar-refractivity contribution < 1.29 is 10.3 Å². The molecule has 1 aromatic rings. The number of nitrogens with two attached hydrogens (primary N) is 1. The summed E-state index contributed by atoms with van der Waals surface area (Å²) in [5.41, 5.74) is 6.73. The van der Waals surface area contributed by atoms with E-state index in [-0.39, 0.29) is 17.9 Å². The second kappa shape index (κ2) is 8.50. The Morgan fingerprint density at radius 3 is 2.63 bits per heavy atom. The van der Waals surface area contributed by atoms with Gasteiger partial charge in [-0.05, 0) is 24.9 Å². The second-order valence-electron chi connectivity index (χ2n) is 4.54. The highest BCUT2D eigenvalue weighted by Gasteiger charge is 2.16. The third kappa shape index (κ3) is 5.28. The van der Waals surface area contributed by atoms with E-state index in [0.717, 1.165) is 12.0 Å². The third-order valence-electron chi connectivity index (χ3n) is 3.15. The molecule has 0 heterocycles. The molecule has 1 rings (SSSR count). The van der Waals surface area contributed by atoms with Crippen molar-refractivity contribution >= 4 is 5.84 Å². The quantitative estimate of drug-likeness (QED) is 0.187. The van der Waals surface area contributed by atoms with E-state index < -0.39 is 0 Å². The Balaban J connectivity index is 2.53. The van der Waals surface area contributed by atoms with Crippen LogP contribution < -0.4 is 11.1 Å². The number of oxime groups is 1. The van der Waals surface area contributed by atoms with Gasteiger partial charge in [-0.3, -0.25) is 0 Å². The van der Waals surface area contributed by atoms with Crippen molar-refractivity contribution in [2.45, 2.75) is 31.8 Å². The molecule has 2 unspecified atom stereocenters. The number of nitrogens with one attached hydrogen (secondary N) is 1. The van der Waals surface area contributed by atoms with Crippen LogP contribution in [0, 0.1) is 0 Å². The fourth-order valence-corrected chi connectivity index (χ4v) is 1.87. The maximum atomic E-state index is 9.47. The van der Waals surface area contributed by atoms with Crippen LogP contribution in [0.3, 0.4) is 0 Å². The first kappa shape index (κ1) is 15.5. The molecule has 0 saturated heterocycles. The lowest BCUT2D eigenvalue weighted by atomic mass is 9.98. The molecule has 0 saturated carbocycles. The number of rotatable bonds is 8. The first-order valence-electron chi connectivity index (χ1n) is 6.60. The smallest absolute Gasteiger partial charge is 0.147 e. The van der Waals surface area contributed by atoms with E-state index >= 15 is 0 Å². The van der Waals surface area contributed by atoms with Crippen molar-refractivity contribution in [1.29, 1.82) is 0 Å². The van der Waals surface area contributed by atoms with Crippen molar-refractivity contribution in [2.75, 3.05) is 13.1 Å². The van der Waals surface area contributed by atoms with E-state index in [2.05, 4.69) is 10.5 Å². The lowest BCUT2D eigenvalue weighted by molar-refractivity contribution is 0.160. The van der Waals surface area contributed by atoms with Crippen molar-refractivity contribution in [2.24, 2.45) is 10.9 Å². The van der Waals surface area contributed by atoms with Gasteiger partial charge in [-0.25, -0.2) is 0 Å². The average Bonchev–Trinajstić information content (AvgIpc) is 2.47. The summed E-state index contributed by atoms with van der Waals surface area (Å²) >= 11 is 0. The van der Waals surface area contributed by atoms with E-state index in [4.69, 9.17) is 10.9 Å². The molecule has 0 aliphatic heterocycles. The van der Waals surface area contributed by atoms with Gasteiger partial charge >= 0.3 is 0 Å². The standard InChI is InChI=1S/C14H23N3O2/c1-2-12(18)8-9-16-10-13(14(15)17-19)11-6-4-3-5-7-11/h3-7,12-13,16,18-19H,2,8-10H2,1H3,(H2,15,17). The van der Waals surface area contributed by atoms with Crippen LogP contribution in [0.5, 0.6) is 0 Å². The molecule has 0 amide bonds. The SMILES string of the molecule is CCC(O)CCNCC(/C(N)=N/O)c1ccccc1. The molecule has 0 aliphatic carbocycles. The van der Waals surface area contributed by atoms with Crippen LogP contribution in [0.4, 0.5) is 0 Å². The Kier molecular flexibility index (Phi) is 6.92. The Morgan fingerprint density at radius 1 is 1.37 bits per heavy atom. The number of aliphatic hydroxyl groups is 1. The number of nitrogens with zero attached hydrogens (tertiary/aromatic N) is 1. The number of amidine groups is 1. The molecule has 0 spiro atoms. The van der Waals surface area contributed by atoms with Crippen LogP contribution in [0.1, 0.15) is 31.2 Å². The molecule has 0 radical (unpaired) electrons. The third-order valence-corrected chi connectivity index (χ3v) is 3.15. The molecule has 0 fully saturated rings. The molecule has 5 nitrogen and oxygen atoms in total. The van der Waals surface area contributed by atoms with Crippen LogP contribution >= 0.6 is 0 Å². The van der Waals surface area contributed by atoms with Gasteiger partial charge in [-0.1, -0.05) is 42.4 Å². The minimum atomic E-state index is -0.272. The van der Waals surface area contributed by atoms with Crippen molar-refractivity contribution in [3.05, 3.63) is 35.9 Å². The summed E-state index contributed by atoms with van der Waals surface area (Å²) in [5, 5.41) is 24.6. The lowest BCUT2D eigenvalue weighted by Crippen LogP contribution is -2.33. The van der Waals surface area contributed by atoms with Crippen LogP contribution in [0.2, 0.25) is 0 Å². The molecule has 1 aromatic carbocycles. The fourth-order valence-electron chi connectivity index (χ4n) is 1.87. The van der Waals surface area contributed by atoms with Gasteiger partial charge in [0.15, 0.2) is 0 Å². The van der Waals surface area contributed by atoms with Gasteiger partial charge in [0.2, 0.25) is 0 Å². The molecule has 2 atom stereocenters. The van der Waals surface area contributed by atoms with Crippen LogP contribution in [0.15, 0.2) is 35.5 Å². The van der Waals surface area contributed by atoms with E-state index in [1.54, 1.807) is 0 Å². The van der Waals surface area contributed by atoms with E-state index in [0.29, 0.717) is 19.5 Å². The van der Waals surface area contributed by atoms with Gasteiger partial charge in [-0.2, -0.15) is 0 Å². The molecule has 19 heavy (non-hydrogen) atoms. The Hall–Kier alpha value is -1.59. The minimum absolute atomic E-state index is 0.162. The summed E-state index contributed by atoms with van der Waals surface area (Å²) in [4.78, 5) is 0. The predicted octanol–water partition coefficient (Wildman–Crippen LogP) is 1.27. The van der Waals surface area contributed by atoms with Gasteiger partial charge < -0.3 is 21.4 Å². The fraction of sp³-hybridized carbons (Fsp3) is 0.500. The summed E-state index contributed by atoms with van der Waals surface area (Å²) in [6.07, 6.45) is 1.18. The second-order valence-corrected chi connectivity index (χ2v) is 4.54. The maximum absolute atomic E-state index is 9.47. The van der Waals surface area contributed by atoms with Gasteiger partial charge in [0.05, 0.1) is 12.0 Å². The number of hydrogen-bond donors (Lipinski definition) is 4. The zero-order valence-corrected chi connectivity index (χ0v) is 11.3. The van der Waals surface area contributed by atoms with Gasteiger partial charge in [-0.15, -0.1) is 0 Å². The summed E-state index contributed by atoms with van der Waals surface area (Å²) in [5.74, 6) is 0.0275.